The molecule has 0 aliphatic carbocycles. The molecule has 2 aromatic carbocycles. The first kappa shape index (κ1) is 14.2. The van der Waals surface area contributed by atoms with E-state index < -0.39 is 0 Å². The Kier molecular flexibility index (Phi) is 3.16. The Bertz CT molecular complexity index is 1080. The number of benzene rings is 2. The van der Waals surface area contributed by atoms with Gasteiger partial charge in [-0.05, 0) is 36.8 Å². The smallest absolute Gasteiger partial charge is 0.274 e. The molecule has 0 saturated carbocycles. The van der Waals surface area contributed by atoms with Crippen LogP contribution in [0.2, 0.25) is 0 Å². The highest BCUT2D eigenvalue weighted by atomic mass is 16.1. The van der Waals surface area contributed by atoms with Crippen molar-refractivity contribution in [2.45, 2.75) is 6.92 Å². The molecule has 0 bridgehead atoms. The first-order valence-electron chi connectivity index (χ1n) is 7.52. The number of amides is 1. The molecule has 4 aromatic rings. The number of rotatable bonds is 2. The number of aryl methyl sites for hydroxylation is 1. The number of fused-ring (bicyclic) bond motifs is 2. The molecule has 0 atom stereocenters. The van der Waals surface area contributed by atoms with E-state index in [0.29, 0.717) is 17.1 Å². The van der Waals surface area contributed by atoms with Gasteiger partial charge in [0.2, 0.25) is 0 Å². The van der Waals surface area contributed by atoms with Gasteiger partial charge in [-0.3, -0.25) is 14.9 Å². The lowest BCUT2D eigenvalue weighted by Crippen LogP contribution is -2.14. The SMILES string of the molecule is Cc1cnc(C(=O)Nc2ccc3cn[nH]c3c2)c2cccc(N)c12. The van der Waals surface area contributed by atoms with Gasteiger partial charge in [-0.15, -0.1) is 0 Å². The lowest BCUT2D eigenvalue weighted by atomic mass is 10.0. The van der Waals surface area contributed by atoms with Gasteiger partial charge in [-0.2, -0.15) is 5.10 Å². The van der Waals surface area contributed by atoms with E-state index in [0.717, 1.165) is 27.2 Å². The highest BCUT2D eigenvalue weighted by molar-refractivity contribution is 6.13. The van der Waals surface area contributed by atoms with Gasteiger partial charge in [0, 0.05) is 33.7 Å². The molecule has 0 saturated heterocycles. The van der Waals surface area contributed by atoms with Crippen LogP contribution in [0.5, 0.6) is 0 Å². The summed E-state index contributed by atoms with van der Waals surface area (Å²) in [5.41, 5.74) is 9.53. The Labute approximate surface area is 137 Å². The van der Waals surface area contributed by atoms with Gasteiger partial charge in [-0.1, -0.05) is 12.1 Å². The zero-order valence-corrected chi connectivity index (χ0v) is 13.0. The lowest BCUT2D eigenvalue weighted by molar-refractivity contribution is 0.102. The predicted molar refractivity (Wildman–Crippen MR) is 94.9 cm³/mol. The van der Waals surface area contributed by atoms with E-state index in [4.69, 9.17) is 5.73 Å². The van der Waals surface area contributed by atoms with Crippen LogP contribution in [0, 0.1) is 6.92 Å². The second-order valence-corrected chi connectivity index (χ2v) is 5.69. The number of carbonyl (C=O) groups excluding carboxylic acids is 1. The van der Waals surface area contributed by atoms with Crippen molar-refractivity contribution in [2.24, 2.45) is 0 Å². The molecule has 0 radical (unpaired) electrons. The highest BCUT2D eigenvalue weighted by Crippen LogP contribution is 2.27. The van der Waals surface area contributed by atoms with E-state index in [1.54, 1.807) is 12.4 Å². The number of aromatic amines is 1. The van der Waals surface area contributed by atoms with Crippen LogP contribution in [0.1, 0.15) is 16.1 Å². The van der Waals surface area contributed by atoms with E-state index in [-0.39, 0.29) is 5.91 Å². The second-order valence-electron chi connectivity index (χ2n) is 5.69. The van der Waals surface area contributed by atoms with E-state index in [9.17, 15) is 4.79 Å². The van der Waals surface area contributed by atoms with Crippen molar-refractivity contribution in [1.82, 2.24) is 15.2 Å². The lowest BCUT2D eigenvalue weighted by Gasteiger charge is -2.10. The zero-order chi connectivity index (χ0) is 16.7. The van der Waals surface area contributed by atoms with Crippen LogP contribution in [0.15, 0.2) is 48.8 Å². The maximum atomic E-state index is 12.7. The monoisotopic (exact) mass is 317 g/mol. The van der Waals surface area contributed by atoms with Crippen LogP contribution in [0.3, 0.4) is 0 Å². The number of hydrogen-bond acceptors (Lipinski definition) is 4. The quantitative estimate of drug-likeness (QED) is 0.494. The summed E-state index contributed by atoms with van der Waals surface area (Å²) in [6, 6.07) is 11.1. The van der Waals surface area contributed by atoms with Gasteiger partial charge in [-0.25, -0.2) is 0 Å². The Balaban J connectivity index is 1.75. The third-order valence-corrected chi connectivity index (χ3v) is 4.05. The van der Waals surface area contributed by atoms with Crippen LogP contribution in [0.4, 0.5) is 11.4 Å². The van der Waals surface area contributed by atoms with Crippen LogP contribution in [-0.2, 0) is 0 Å². The van der Waals surface area contributed by atoms with Crippen molar-refractivity contribution < 1.29 is 4.79 Å². The summed E-state index contributed by atoms with van der Waals surface area (Å²) < 4.78 is 0. The Hall–Kier alpha value is -3.41. The summed E-state index contributed by atoms with van der Waals surface area (Å²) in [4.78, 5) is 17.0. The summed E-state index contributed by atoms with van der Waals surface area (Å²) in [5, 5.41) is 12.3. The third-order valence-electron chi connectivity index (χ3n) is 4.05. The molecule has 6 nitrogen and oxygen atoms in total. The molecule has 4 N–H and O–H groups in total. The molecule has 1 amide bonds. The molecular weight excluding hydrogens is 302 g/mol. The fourth-order valence-electron chi connectivity index (χ4n) is 2.89. The highest BCUT2D eigenvalue weighted by Gasteiger charge is 2.15. The summed E-state index contributed by atoms with van der Waals surface area (Å²) in [7, 11) is 0. The summed E-state index contributed by atoms with van der Waals surface area (Å²) in [6.45, 7) is 1.93. The minimum atomic E-state index is -0.274. The largest absolute Gasteiger partial charge is 0.398 e. The summed E-state index contributed by atoms with van der Waals surface area (Å²) >= 11 is 0. The fraction of sp³-hybridized carbons (Fsp3) is 0.0556. The average molecular weight is 317 g/mol. The number of carbonyl (C=O) groups is 1. The minimum Gasteiger partial charge on any atom is -0.398 e. The third kappa shape index (κ3) is 2.25. The van der Waals surface area contributed by atoms with Gasteiger partial charge in [0.25, 0.3) is 5.91 Å². The van der Waals surface area contributed by atoms with Crippen molar-refractivity contribution in [2.75, 3.05) is 11.1 Å². The molecule has 24 heavy (non-hydrogen) atoms. The molecule has 0 spiro atoms. The fourth-order valence-corrected chi connectivity index (χ4v) is 2.89. The standard InChI is InChI=1S/C18H15N5O/c1-10-8-20-17(13-3-2-4-14(19)16(10)13)18(24)22-12-6-5-11-9-21-23-15(11)7-12/h2-9H,19H2,1H3,(H,21,23)(H,22,24). The number of H-pyrrole nitrogens is 1. The Morgan fingerprint density at radius 3 is 2.96 bits per heavy atom. The van der Waals surface area contributed by atoms with Gasteiger partial charge < -0.3 is 11.1 Å². The molecule has 118 valence electrons. The summed E-state index contributed by atoms with van der Waals surface area (Å²) in [6.07, 6.45) is 3.41. The molecule has 0 fully saturated rings. The first-order chi connectivity index (χ1) is 11.6. The van der Waals surface area contributed by atoms with E-state index >= 15 is 0 Å². The maximum Gasteiger partial charge on any atom is 0.274 e. The summed E-state index contributed by atoms with van der Waals surface area (Å²) in [5.74, 6) is -0.274. The number of hydrogen-bond donors (Lipinski definition) is 3. The Morgan fingerprint density at radius 2 is 2.08 bits per heavy atom. The van der Waals surface area contributed by atoms with E-state index in [2.05, 4.69) is 20.5 Å². The molecule has 0 unspecified atom stereocenters. The van der Waals surface area contributed by atoms with Crippen molar-refractivity contribution in [3.8, 4) is 0 Å². The zero-order valence-electron chi connectivity index (χ0n) is 13.0. The maximum absolute atomic E-state index is 12.7. The van der Waals surface area contributed by atoms with Crippen LogP contribution >= 0.6 is 0 Å². The van der Waals surface area contributed by atoms with Gasteiger partial charge >= 0.3 is 0 Å². The number of nitrogens with one attached hydrogen (secondary N) is 2. The minimum absolute atomic E-state index is 0.274. The van der Waals surface area contributed by atoms with Crippen molar-refractivity contribution in [3.63, 3.8) is 0 Å². The molecular formula is C18H15N5O. The average Bonchev–Trinajstić information content (AvgIpc) is 3.02. The number of aromatic nitrogens is 3. The topological polar surface area (TPSA) is 96.7 Å². The van der Waals surface area contributed by atoms with Crippen molar-refractivity contribution in [1.29, 1.82) is 0 Å². The van der Waals surface area contributed by atoms with Crippen LogP contribution in [0.25, 0.3) is 21.7 Å². The molecule has 6 heteroatoms. The van der Waals surface area contributed by atoms with Crippen LogP contribution in [-0.4, -0.2) is 21.1 Å². The number of anilines is 2. The second kappa shape index (κ2) is 5.34. The number of nitrogens with two attached hydrogens (primary N) is 1. The number of pyridine rings is 1. The van der Waals surface area contributed by atoms with Crippen molar-refractivity contribution in [3.05, 3.63) is 60.0 Å². The molecule has 0 aliphatic heterocycles. The van der Waals surface area contributed by atoms with Crippen LogP contribution < -0.4 is 11.1 Å². The normalized spacial score (nSPS) is 11.0. The molecule has 2 aromatic heterocycles. The molecule has 2 heterocycles. The van der Waals surface area contributed by atoms with Gasteiger partial charge in [0.05, 0.1) is 11.7 Å². The van der Waals surface area contributed by atoms with Crippen molar-refractivity contribution >= 4 is 39.0 Å². The Morgan fingerprint density at radius 1 is 1.21 bits per heavy atom. The number of nitrogen functional groups attached to an aromatic ring is 1. The molecule has 4 rings (SSSR count). The number of nitrogens with zero attached hydrogens (tertiary/aromatic N) is 2. The molecule has 0 aliphatic rings. The van der Waals surface area contributed by atoms with E-state index in [1.807, 2.05) is 43.3 Å². The van der Waals surface area contributed by atoms with Gasteiger partial charge in [0.1, 0.15) is 5.69 Å². The van der Waals surface area contributed by atoms with Gasteiger partial charge in [0.15, 0.2) is 0 Å². The van der Waals surface area contributed by atoms with E-state index in [1.165, 1.54) is 0 Å². The predicted octanol–water partition coefficient (Wildman–Crippen LogP) is 3.25. The first-order valence-corrected chi connectivity index (χ1v) is 7.52.